The SMILES string of the molecule is C/C=C/c1ccccc1NC(C)=O. The van der Waals surface area contributed by atoms with Gasteiger partial charge in [-0.05, 0) is 18.6 Å². The van der Waals surface area contributed by atoms with Crippen LogP contribution in [0, 0.1) is 0 Å². The van der Waals surface area contributed by atoms with Gasteiger partial charge in [0.25, 0.3) is 0 Å². The highest BCUT2D eigenvalue weighted by atomic mass is 16.1. The molecule has 0 bridgehead atoms. The Labute approximate surface area is 78.3 Å². The largest absolute Gasteiger partial charge is 0.326 e. The van der Waals surface area contributed by atoms with Gasteiger partial charge in [-0.25, -0.2) is 0 Å². The van der Waals surface area contributed by atoms with Crippen molar-refractivity contribution >= 4 is 17.7 Å². The van der Waals surface area contributed by atoms with Crippen LogP contribution in [0.4, 0.5) is 5.69 Å². The van der Waals surface area contributed by atoms with Gasteiger partial charge in [0.2, 0.25) is 5.91 Å². The molecule has 0 spiro atoms. The number of carbonyl (C=O) groups is 1. The van der Waals surface area contributed by atoms with Gasteiger partial charge in [-0.2, -0.15) is 0 Å². The van der Waals surface area contributed by atoms with Crippen LogP contribution in [0.25, 0.3) is 6.08 Å². The van der Waals surface area contributed by atoms with E-state index in [-0.39, 0.29) is 5.91 Å². The van der Waals surface area contributed by atoms with Crippen molar-refractivity contribution in [2.75, 3.05) is 5.32 Å². The molecule has 0 heterocycles. The fourth-order valence-corrected chi connectivity index (χ4v) is 1.13. The van der Waals surface area contributed by atoms with E-state index in [9.17, 15) is 4.79 Å². The molecule has 0 fully saturated rings. The Morgan fingerprint density at radius 2 is 2.08 bits per heavy atom. The Bertz CT molecular complexity index is 329. The second-order valence-electron chi connectivity index (χ2n) is 2.77. The van der Waals surface area contributed by atoms with E-state index >= 15 is 0 Å². The number of hydrogen-bond acceptors (Lipinski definition) is 1. The third-order valence-electron chi connectivity index (χ3n) is 1.62. The predicted molar refractivity (Wildman–Crippen MR) is 55.5 cm³/mol. The topological polar surface area (TPSA) is 29.1 Å². The number of hydrogen-bond donors (Lipinski definition) is 1. The molecule has 0 unspecified atom stereocenters. The molecular weight excluding hydrogens is 162 g/mol. The summed E-state index contributed by atoms with van der Waals surface area (Å²) in [6.45, 7) is 3.46. The maximum absolute atomic E-state index is 10.8. The molecule has 0 aliphatic carbocycles. The Balaban J connectivity index is 2.97. The summed E-state index contributed by atoms with van der Waals surface area (Å²) in [5.74, 6) is -0.0445. The number of allylic oxidation sites excluding steroid dienone is 1. The van der Waals surface area contributed by atoms with Crippen molar-refractivity contribution in [3.8, 4) is 0 Å². The van der Waals surface area contributed by atoms with Crippen LogP contribution >= 0.6 is 0 Å². The Kier molecular flexibility index (Phi) is 3.26. The molecule has 13 heavy (non-hydrogen) atoms. The number of anilines is 1. The fourth-order valence-electron chi connectivity index (χ4n) is 1.13. The molecule has 68 valence electrons. The molecule has 2 heteroatoms. The first kappa shape index (κ1) is 9.52. The van der Waals surface area contributed by atoms with Crippen molar-refractivity contribution in [3.63, 3.8) is 0 Å². The highest BCUT2D eigenvalue weighted by molar-refractivity contribution is 5.91. The molecule has 0 aromatic heterocycles. The second kappa shape index (κ2) is 4.45. The smallest absolute Gasteiger partial charge is 0.221 e. The lowest BCUT2D eigenvalue weighted by Gasteiger charge is -2.05. The summed E-state index contributed by atoms with van der Waals surface area (Å²) >= 11 is 0. The molecule has 1 aromatic carbocycles. The van der Waals surface area contributed by atoms with Crippen LogP contribution in [0.3, 0.4) is 0 Å². The standard InChI is InChI=1S/C11H13NO/c1-3-6-10-7-4-5-8-11(10)12-9(2)13/h3-8H,1-2H3,(H,12,13)/b6-3+. The van der Waals surface area contributed by atoms with Gasteiger partial charge in [-0.15, -0.1) is 0 Å². The monoisotopic (exact) mass is 175 g/mol. The Hall–Kier alpha value is -1.57. The summed E-state index contributed by atoms with van der Waals surface area (Å²) in [5, 5.41) is 2.77. The van der Waals surface area contributed by atoms with Crippen molar-refractivity contribution < 1.29 is 4.79 Å². The van der Waals surface area contributed by atoms with Crippen molar-refractivity contribution in [2.24, 2.45) is 0 Å². The summed E-state index contributed by atoms with van der Waals surface area (Å²) in [6, 6.07) is 7.70. The summed E-state index contributed by atoms with van der Waals surface area (Å²) in [4.78, 5) is 10.8. The summed E-state index contributed by atoms with van der Waals surface area (Å²) in [7, 11) is 0. The zero-order chi connectivity index (χ0) is 9.68. The van der Waals surface area contributed by atoms with E-state index in [2.05, 4.69) is 5.32 Å². The summed E-state index contributed by atoms with van der Waals surface area (Å²) < 4.78 is 0. The lowest BCUT2D eigenvalue weighted by molar-refractivity contribution is -0.114. The number of nitrogens with one attached hydrogen (secondary N) is 1. The lowest BCUT2D eigenvalue weighted by Crippen LogP contribution is -2.06. The van der Waals surface area contributed by atoms with Gasteiger partial charge in [-0.1, -0.05) is 30.4 Å². The first-order valence-electron chi connectivity index (χ1n) is 4.23. The maximum Gasteiger partial charge on any atom is 0.221 e. The van der Waals surface area contributed by atoms with Crippen molar-refractivity contribution in [1.29, 1.82) is 0 Å². The van der Waals surface area contributed by atoms with E-state index in [1.54, 1.807) is 0 Å². The van der Waals surface area contributed by atoms with E-state index in [0.29, 0.717) is 0 Å². The second-order valence-corrected chi connectivity index (χ2v) is 2.77. The van der Waals surface area contributed by atoms with E-state index in [4.69, 9.17) is 0 Å². The molecular formula is C11H13NO. The van der Waals surface area contributed by atoms with Gasteiger partial charge >= 0.3 is 0 Å². The number of para-hydroxylation sites is 1. The van der Waals surface area contributed by atoms with E-state index in [1.807, 2.05) is 43.3 Å². The number of amides is 1. The molecule has 1 N–H and O–H groups in total. The van der Waals surface area contributed by atoms with Gasteiger partial charge in [0.05, 0.1) is 0 Å². The van der Waals surface area contributed by atoms with Crippen LogP contribution in [0.1, 0.15) is 19.4 Å². The average molecular weight is 175 g/mol. The maximum atomic E-state index is 10.8. The van der Waals surface area contributed by atoms with Gasteiger partial charge < -0.3 is 5.32 Å². The normalized spacial score (nSPS) is 10.3. The predicted octanol–water partition coefficient (Wildman–Crippen LogP) is 2.68. The van der Waals surface area contributed by atoms with Crippen molar-refractivity contribution in [2.45, 2.75) is 13.8 Å². The lowest BCUT2D eigenvalue weighted by atomic mass is 10.1. The molecule has 1 amide bonds. The minimum absolute atomic E-state index is 0.0445. The van der Waals surface area contributed by atoms with Crippen LogP contribution in [0.5, 0.6) is 0 Å². The molecule has 0 saturated heterocycles. The third kappa shape index (κ3) is 2.75. The van der Waals surface area contributed by atoms with Crippen molar-refractivity contribution in [3.05, 3.63) is 35.9 Å². The van der Waals surface area contributed by atoms with Crippen molar-refractivity contribution in [1.82, 2.24) is 0 Å². The molecule has 0 aliphatic rings. The van der Waals surface area contributed by atoms with E-state index < -0.39 is 0 Å². The highest BCUT2D eigenvalue weighted by Crippen LogP contribution is 2.16. The zero-order valence-electron chi connectivity index (χ0n) is 7.87. The van der Waals surface area contributed by atoms with Crippen LogP contribution in [-0.4, -0.2) is 5.91 Å². The number of carbonyl (C=O) groups excluding carboxylic acids is 1. The van der Waals surface area contributed by atoms with Gasteiger partial charge in [-0.3, -0.25) is 4.79 Å². The van der Waals surface area contributed by atoms with E-state index in [0.717, 1.165) is 11.3 Å². The summed E-state index contributed by atoms with van der Waals surface area (Å²) in [6.07, 6.45) is 3.91. The van der Waals surface area contributed by atoms with Gasteiger partial charge in [0, 0.05) is 12.6 Å². The minimum atomic E-state index is -0.0445. The molecule has 1 aromatic rings. The number of rotatable bonds is 2. The quantitative estimate of drug-likeness (QED) is 0.735. The molecule has 0 saturated carbocycles. The zero-order valence-corrected chi connectivity index (χ0v) is 7.87. The first-order chi connectivity index (χ1) is 6.24. The van der Waals surface area contributed by atoms with Crippen LogP contribution in [0.2, 0.25) is 0 Å². The van der Waals surface area contributed by atoms with E-state index in [1.165, 1.54) is 6.92 Å². The van der Waals surface area contributed by atoms with Crippen LogP contribution in [-0.2, 0) is 4.79 Å². The first-order valence-corrected chi connectivity index (χ1v) is 4.23. The fraction of sp³-hybridized carbons (Fsp3) is 0.182. The van der Waals surface area contributed by atoms with Crippen LogP contribution < -0.4 is 5.32 Å². The molecule has 2 nitrogen and oxygen atoms in total. The molecule has 0 aliphatic heterocycles. The summed E-state index contributed by atoms with van der Waals surface area (Å²) in [5.41, 5.74) is 1.88. The molecule has 1 rings (SSSR count). The van der Waals surface area contributed by atoms with Gasteiger partial charge in [0.15, 0.2) is 0 Å². The number of benzene rings is 1. The highest BCUT2D eigenvalue weighted by Gasteiger charge is 1.98. The molecule has 0 radical (unpaired) electrons. The third-order valence-corrected chi connectivity index (χ3v) is 1.62. The van der Waals surface area contributed by atoms with Gasteiger partial charge in [0.1, 0.15) is 0 Å². The Morgan fingerprint density at radius 3 is 2.69 bits per heavy atom. The minimum Gasteiger partial charge on any atom is -0.326 e. The average Bonchev–Trinajstić information content (AvgIpc) is 2.08. The molecule has 0 atom stereocenters. The van der Waals surface area contributed by atoms with Crippen LogP contribution in [0.15, 0.2) is 30.3 Å². The Morgan fingerprint density at radius 1 is 1.38 bits per heavy atom.